The molecule has 2 heterocycles. The standard InChI is InChI=1S/C22H18BrN3O3S/c1-13-17(16-5-3-4-6-18(16)25(13)2)11-19-21(28)26(22(29)30-19)12-20(27)24-15-9-7-14(23)8-10-15/h3-11H,12H2,1-2H3,(H,24,27)/b19-11-. The van der Waals surface area contributed by atoms with E-state index in [0.29, 0.717) is 10.6 Å². The van der Waals surface area contributed by atoms with E-state index in [0.717, 1.165) is 43.3 Å². The number of anilines is 1. The van der Waals surface area contributed by atoms with Crippen molar-refractivity contribution in [3.05, 3.63) is 69.2 Å². The summed E-state index contributed by atoms with van der Waals surface area (Å²) >= 11 is 4.19. The van der Waals surface area contributed by atoms with Gasteiger partial charge >= 0.3 is 0 Å². The zero-order valence-electron chi connectivity index (χ0n) is 16.3. The molecule has 0 saturated carbocycles. The number of aryl methyl sites for hydroxylation is 1. The van der Waals surface area contributed by atoms with E-state index >= 15 is 0 Å². The normalized spacial score (nSPS) is 15.4. The van der Waals surface area contributed by atoms with E-state index in [1.807, 2.05) is 38.2 Å². The summed E-state index contributed by atoms with van der Waals surface area (Å²) in [6.45, 7) is 1.65. The number of aromatic nitrogens is 1. The summed E-state index contributed by atoms with van der Waals surface area (Å²) in [4.78, 5) is 38.9. The molecular weight excluding hydrogens is 466 g/mol. The Morgan fingerprint density at radius 1 is 1.13 bits per heavy atom. The highest BCUT2D eigenvalue weighted by molar-refractivity contribution is 9.10. The minimum atomic E-state index is -0.455. The first-order chi connectivity index (χ1) is 14.3. The monoisotopic (exact) mass is 483 g/mol. The van der Waals surface area contributed by atoms with Crippen LogP contribution in [0.3, 0.4) is 0 Å². The predicted octanol–water partition coefficient (Wildman–Crippen LogP) is 4.92. The number of thioether (sulfide) groups is 1. The van der Waals surface area contributed by atoms with E-state index in [9.17, 15) is 14.4 Å². The fourth-order valence-corrected chi connectivity index (χ4v) is 4.46. The number of rotatable bonds is 4. The molecule has 0 spiro atoms. The van der Waals surface area contributed by atoms with Crippen molar-refractivity contribution in [2.45, 2.75) is 6.92 Å². The van der Waals surface area contributed by atoms with E-state index in [1.165, 1.54) is 0 Å². The van der Waals surface area contributed by atoms with Gasteiger partial charge in [0.15, 0.2) is 0 Å². The lowest BCUT2D eigenvalue weighted by Crippen LogP contribution is -2.36. The molecule has 0 atom stereocenters. The number of halogens is 1. The number of nitrogens with zero attached hydrogens (tertiary/aromatic N) is 2. The number of nitrogens with one attached hydrogen (secondary N) is 1. The largest absolute Gasteiger partial charge is 0.347 e. The molecule has 3 aromatic rings. The molecule has 152 valence electrons. The summed E-state index contributed by atoms with van der Waals surface area (Å²) in [5, 5.41) is 3.26. The Kier molecular flexibility index (Phi) is 5.53. The van der Waals surface area contributed by atoms with Gasteiger partial charge in [0.05, 0.1) is 4.91 Å². The van der Waals surface area contributed by atoms with Crippen molar-refractivity contribution in [2.75, 3.05) is 11.9 Å². The molecule has 1 saturated heterocycles. The van der Waals surface area contributed by atoms with Crippen LogP contribution in [-0.2, 0) is 16.6 Å². The molecule has 0 unspecified atom stereocenters. The third-order valence-corrected chi connectivity index (χ3v) is 6.46. The van der Waals surface area contributed by atoms with E-state index in [-0.39, 0.29) is 6.54 Å². The molecular formula is C22H18BrN3O3S. The lowest BCUT2D eigenvalue weighted by atomic mass is 10.1. The number of benzene rings is 2. The second-order valence-electron chi connectivity index (χ2n) is 6.90. The zero-order valence-corrected chi connectivity index (χ0v) is 18.7. The van der Waals surface area contributed by atoms with Crippen LogP contribution in [0.15, 0.2) is 57.9 Å². The van der Waals surface area contributed by atoms with Gasteiger partial charge in [0.2, 0.25) is 5.91 Å². The van der Waals surface area contributed by atoms with Crippen LogP contribution in [0.5, 0.6) is 0 Å². The number of para-hydroxylation sites is 1. The first-order valence-electron chi connectivity index (χ1n) is 9.20. The lowest BCUT2D eigenvalue weighted by Gasteiger charge is -2.12. The fourth-order valence-electron chi connectivity index (χ4n) is 3.38. The maximum atomic E-state index is 12.8. The first-order valence-corrected chi connectivity index (χ1v) is 10.8. The third kappa shape index (κ3) is 3.80. The lowest BCUT2D eigenvalue weighted by molar-refractivity contribution is -0.127. The van der Waals surface area contributed by atoms with Crippen molar-refractivity contribution in [1.29, 1.82) is 0 Å². The molecule has 30 heavy (non-hydrogen) atoms. The average molecular weight is 484 g/mol. The molecule has 0 bridgehead atoms. The smallest absolute Gasteiger partial charge is 0.294 e. The molecule has 6 nitrogen and oxygen atoms in total. The third-order valence-electron chi connectivity index (χ3n) is 5.03. The second kappa shape index (κ2) is 8.12. The number of carbonyl (C=O) groups is 3. The van der Waals surface area contributed by atoms with Crippen LogP contribution in [-0.4, -0.2) is 33.1 Å². The Morgan fingerprint density at radius 3 is 2.57 bits per heavy atom. The summed E-state index contributed by atoms with van der Waals surface area (Å²) < 4.78 is 2.94. The van der Waals surface area contributed by atoms with E-state index in [2.05, 4.69) is 25.8 Å². The average Bonchev–Trinajstić information content (AvgIpc) is 3.13. The van der Waals surface area contributed by atoms with Gasteiger partial charge in [-0.2, -0.15) is 0 Å². The Morgan fingerprint density at radius 2 is 1.83 bits per heavy atom. The molecule has 0 radical (unpaired) electrons. The van der Waals surface area contributed by atoms with Crippen LogP contribution in [0.1, 0.15) is 11.3 Å². The van der Waals surface area contributed by atoms with E-state index in [4.69, 9.17) is 0 Å². The maximum Gasteiger partial charge on any atom is 0.294 e. The minimum absolute atomic E-state index is 0.316. The SMILES string of the molecule is Cc1c(/C=C2\SC(=O)N(CC(=O)Nc3ccc(Br)cc3)C2=O)c2ccccc2n1C. The molecule has 8 heteroatoms. The summed E-state index contributed by atoms with van der Waals surface area (Å²) in [5.74, 6) is -0.884. The van der Waals surface area contributed by atoms with Gasteiger partial charge in [0, 0.05) is 39.4 Å². The van der Waals surface area contributed by atoms with Crippen LogP contribution in [0, 0.1) is 6.92 Å². The van der Waals surface area contributed by atoms with Gasteiger partial charge in [-0.1, -0.05) is 34.1 Å². The Bertz CT molecular complexity index is 1210. The topological polar surface area (TPSA) is 71.4 Å². The van der Waals surface area contributed by atoms with Gasteiger partial charge in [0.25, 0.3) is 11.1 Å². The Hall–Kier alpha value is -2.84. The van der Waals surface area contributed by atoms with Crippen LogP contribution >= 0.6 is 27.7 Å². The number of fused-ring (bicyclic) bond motifs is 1. The molecule has 2 aromatic carbocycles. The zero-order chi connectivity index (χ0) is 21.4. The molecule has 1 aliphatic rings. The predicted molar refractivity (Wildman–Crippen MR) is 123 cm³/mol. The number of amides is 3. The number of carbonyl (C=O) groups excluding carboxylic acids is 3. The van der Waals surface area contributed by atoms with Crippen molar-refractivity contribution < 1.29 is 14.4 Å². The van der Waals surface area contributed by atoms with Gasteiger partial charge < -0.3 is 9.88 Å². The summed E-state index contributed by atoms with van der Waals surface area (Å²) in [7, 11) is 1.97. The fraction of sp³-hybridized carbons (Fsp3) is 0.136. The van der Waals surface area contributed by atoms with Crippen molar-refractivity contribution >= 4 is 67.4 Å². The molecule has 1 N–H and O–H groups in total. The molecule has 0 aliphatic carbocycles. The van der Waals surface area contributed by atoms with Gasteiger partial charge in [-0.3, -0.25) is 19.3 Å². The van der Waals surface area contributed by atoms with Gasteiger partial charge in [-0.05, 0) is 55.1 Å². The van der Waals surface area contributed by atoms with Crippen LogP contribution < -0.4 is 5.32 Å². The minimum Gasteiger partial charge on any atom is -0.347 e. The van der Waals surface area contributed by atoms with E-state index in [1.54, 1.807) is 30.3 Å². The highest BCUT2D eigenvalue weighted by atomic mass is 79.9. The highest BCUT2D eigenvalue weighted by Gasteiger charge is 2.36. The Labute approximate surface area is 186 Å². The first kappa shape index (κ1) is 20.4. The number of hydrogen-bond acceptors (Lipinski definition) is 4. The quantitative estimate of drug-likeness (QED) is 0.534. The molecule has 1 aromatic heterocycles. The van der Waals surface area contributed by atoms with Crippen molar-refractivity contribution in [3.8, 4) is 0 Å². The number of imide groups is 1. The van der Waals surface area contributed by atoms with Crippen molar-refractivity contribution in [1.82, 2.24) is 9.47 Å². The van der Waals surface area contributed by atoms with Gasteiger partial charge in [-0.15, -0.1) is 0 Å². The molecule has 1 aliphatic heterocycles. The maximum absolute atomic E-state index is 12.8. The second-order valence-corrected chi connectivity index (χ2v) is 8.81. The van der Waals surface area contributed by atoms with Crippen molar-refractivity contribution in [2.24, 2.45) is 7.05 Å². The summed E-state index contributed by atoms with van der Waals surface area (Å²) in [5.41, 5.74) is 3.54. The van der Waals surface area contributed by atoms with Crippen LogP contribution in [0.2, 0.25) is 0 Å². The highest BCUT2D eigenvalue weighted by Crippen LogP contribution is 2.35. The summed E-state index contributed by atoms with van der Waals surface area (Å²) in [6, 6.07) is 15.0. The van der Waals surface area contributed by atoms with Gasteiger partial charge in [0.1, 0.15) is 6.54 Å². The van der Waals surface area contributed by atoms with Crippen LogP contribution in [0.4, 0.5) is 10.5 Å². The molecule has 1 fully saturated rings. The van der Waals surface area contributed by atoms with Crippen molar-refractivity contribution in [3.63, 3.8) is 0 Å². The van der Waals surface area contributed by atoms with E-state index < -0.39 is 17.1 Å². The molecule has 4 rings (SSSR count). The van der Waals surface area contributed by atoms with Gasteiger partial charge in [-0.25, -0.2) is 0 Å². The Balaban J connectivity index is 1.55. The molecule has 3 amide bonds. The number of hydrogen-bond donors (Lipinski definition) is 1. The van der Waals surface area contributed by atoms with Crippen LogP contribution in [0.25, 0.3) is 17.0 Å². The summed E-state index contributed by atoms with van der Waals surface area (Å²) in [6.07, 6.45) is 1.75.